The van der Waals surface area contributed by atoms with Crippen molar-refractivity contribution in [3.05, 3.63) is 88.2 Å². The molecule has 0 spiro atoms. The predicted octanol–water partition coefficient (Wildman–Crippen LogP) is 8.55. The Morgan fingerprint density at radius 2 is 1.38 bits per heavy atom. The van der Waals surface area contributed by atoms with Gasteiger partial charge in [0.25, 0.3) is 5.91 Å². The summed E-state index contributed by atoms with van der Waals surface area (Å²) in [5, 5.41) is 7.18. The van der Waals surface area contributed by atoms with Gasteiger partial charge in [0, 0.05) is 41.4 Å². The monoisotopic (exact) mass is 662 g/mol. The van der Waals surface area contributed by atoms with Crippen LogP contribution in [0.3, 0.4) is 0 Å². The molecule has 45 heavy (non-hydrogen) atoms. The van der Waals surface area contributed by atoms with Crippen LogP contribution in [0.15, 0.2) is 60.9 Å². The summed E-state index contributed by atoms with van der Waals surface area (Å²) in [6, 6.07) is 9.57. The van der Waals surface area contributed by atoms with Crippen molar-refractivity contribution in [2.75, 3.05) is 23.8 Å². The standard InChI is InChI=1S/C32H38ClF3N4O4Si/c1-19(2)45(20(3)4,21(5)6)44-14-13-38-30(42)24-15-23(17-37-18-24)29(41)22-7-9-25(10-8-22)39-31(43)40-26-11-12-28(33)27(16-26)32(34,35)36/h7-12,15-21H,13-14H2,1-6H3,(H,38,42)(H2,39,40,43). The number of anilines is 2. The molecule has 242 valence electrons. The molecule has 13 heteroatoms. The number of benzene rings is 2. The molecule has 0 aliphatic rings. The van der Waals surface area contributed by atoms with Crippen LogP contribution in [0, 0.1) is 0 Å². The van der Waals surface area contributed by atoms with E-state index in [1.54, 1.807) is 0 Å². The molecule has 3 rings (SSSR count). The average molecular weight is 663 g/mol. The van der Waals surface area contributed by atoms with Gasteiger partial charge in [0.05, 0.1) is 22.8 Å². The minimum Gasteiger partial charge on any atom is -0.414 e. The first-order valence-electron chi connectivity index (χ1n) is 14.5. The second-order valence-corrected chi connectivity index (χ2v) is 17.4. The molecule has 0 saturated heterocycles. The average Bonchev–Trinajstić information content (AvgIpc) is 2.97. The topological polar surface area (TPSA) is 109 Å². The summed E-state index contributed by atoms with van der Waals surface area (Å²) in [5.74, 6) is -0.765. The Kier molecular flexibility index (Phi) is 11.9. The van der Waals surface area contributed by atoms with Crippen molar-refractivity contribution in [2.45, 2.75) is 64.3 Å². The molecule has 1 aromatic heterocycles. The van der Waals surface area contributed by atoms with Crippen molar-refractivity contribution in [1.29, 1.82) is 0 Å². The van der Waals surface area contributed by atoms with Gasteiger partial charge in [-0.25, -0.2) is 4.79 Å². The maximum atomic E-state index is 13.1. The number of carbonyl (C=O) groups is 3. The van der Waals surface area contributed by atoms with Crippen molar-refractivity contribution >= 4 is 49.0 Å². The van der Waals surface area contributed by atoms with E-state index in [1.807, 2.05) is 0 Å². The number of aromatic nitrogens is 1. The summed E-state index contributed by atoms with van der Waals surface area (Å²) in [6.07, 6.45) is -1.94. The van der Waals surface area contributed by atoms with E-state index >= 15 is 0 Å². The zero-order valence-corrected chi connectivity index (χ0v) is 27.8. The Hall–Kier alpha value is -3.74. The fourth-order valence-electron chi connectivity index (χ4n) is 5.67. The molecule has 0 aliphatic heterocycles. The normalized spacial score (nSPS) is 12.0. The van der Waals surface area contributed by atoms with Crippen LogP contribution in [0.2, 0.25) is 21.6 Å². The molecule has 3 N–H and O–H groups in total. The number of carbonyl (C=O) groups excluding carboxylic acids is 3. The quantitative estimate of drug-likeness (QED) is 0.102. The van der Waals surface area contributed by atoms with E-state index in [1.165, 1.54) is 48.8 Å². The Morgan fingerprint density at radius 1 is 0.822 bits per heavy atom. The van der Waals surface area contributed by atoms with Gasteiger partial charge in [0.2, 0.25) is 0 Å². The smallest absolute Gasteiger partial charge is 0.414 e. The van der Waals surface area contributed by atoms with E-state index < -0.39 is 31.1 Å². The number of nitrogens with one attached hydrogen (secondary N) is 3. The van der Waals surface area contributed by atoms with Crippen LogP contribution in [0.5, 0.6) is 0 Å². The van der Waals surface area contributed by atoms with Crippen LogP contribution >= 0.6 is 11.6 Å². The van der Waals surface area contributed by atoms with E-state index in [0.29, 0.717) is 35.5 Å². The highest BCUT2D eigenvalue weighted by molar-refractivity contribution is 6.77. The number of urea groups is 1. The van der Waals surface area contributed by atoms with E-state index in [0.717, 1.165) is 12.1 Å². The third-order valence-corrected chi connectivity index (χ3v) is 14.1. The molecule has 0 radical (unpaired) electrons. The molecule has 1 heterocycles. The number of hydrogen-bond donors (Lipinski definition) is 3. The number of alkyl halides is 3. The van der Waals surface area contributed by atoms with Crippen molar-refractivity contribution in [3.63, 3.8) is 0 Å². The number of ketones is 1. The maximum Gasteiger partial charge on any atom is 0.417 e. The zero-order chi connectivity index (χ0) is 33.5. The van der Waals surface area contributed by atoms with E-state index in [-0.39, 0.29) is 34.1 Å². The summed E-state index contributed by atoms with van der Waals surface area (Å²) in [5.41, 5.74) is 1.10. The number of amides is 3. The van der Waals surface area contributed by atoms with Crippen LogP contribution in [-0.2, 0) is 10.6 Å². The number of pyridine rings is 1. The summed E-state index contributed by atoms with van der Waals surface area (Å²) in [7, 11) is -2.06. The molecule has 3 aromatic rings. The Morgan fingerprint density at radius 3 is 1.96 bits per heavy atom. The summed E-state index contributed by atoms with van der Waals surface area (Å²) in [4.78, 5) is 42.3. The highest BCUT2D eigenvalue weighted by atomic mass is 35.5. The number of halogens is 4. The number of rotatable bonds is 12. The maximum absolute atomic E-state index is 13.1. The third-order valence-electron chi connectivity index (χ3n) is 7.64. The van der Waals surface area contributed by atoms with Gasteiger partial charge >= 0.3 is 12.2 Å². The molecule has 0 unspecified atom stereocenters. The van der Waals surface area contributed by atoms with Crippen LogP contribution in [0.25, 0.3) is 0 Å². The van der Waals surface area contributed by atoms with Gasteiger partial charge < -0.3 is 20.4 Å². The van der Waals surface area contributed by atoms with Crippen LogP contribution in [0.1, 0.15) is 73.4 Å². The Balaban J connectivity index is 1.59. The highest BCUT2D eigenvalue weighted by Gasteiger charge is 2.44. The fraction of sp³-hybridized carbons (Fsp3) is 0.375. The van der Waals surface area contributed by atoms with Crippen molar-refractivity contribution in [1.82, 2.24) is 10.3 Å². The molecule has 0 aliphatic carbocycles. The van der Waals surface area contributed by atoms with Gasteiger partial charge in [0.15, 0.2) is 14.1 Å². The van der Waals surface area contributed by atoms with Gasteiger partial charge in [0.1, 0.15) is 0 Å². The molecule has 0 atom stereocenters. The number of hydrogen-bond acceptors (Lipinski definition) is 5. The molecule has 0 fully saturated rings. The SMILES string of the molecule is CC(C)[Si](OCCNC(=O)c1cncc(C(=O)c2ccc(NC(=O)Nc3ccc(Cl)c(C(F)(F)F)c3)cc2)c1)(C(C)C)C(C)C. The van der Waals surface area contributed by atoms with Crippen molar-refractivity contribution in [3.8, 4) is 0 Å². The first-order valence-corrected chi connectivity index (χ1v) is 17.0. The van der Waals surface area contributed by atoms with Gasteiger partial charge in [-0.1, -0.05) is 53.1 Å². The Labute approximate surface area is 267 Å². The lowest BCUT2D eigenvalue weighted by Crippen LogP contribution is -2.49. The lowest BCUT2D eigenvalue weighted by atomic mass is 10.0. The summed E-state index contributed by atoms with van der Waals surface area (Å²) >= 11 is 5.62. The largest absolute Gasteiger partial charge is 0.417 e. The first kappa shape index (κ1) is 35.7. The molecule has 0 saturated carbocycles. The molecule has 2 aromatic carbocycles. The minimum atomic E-state index is -4.68. The third kappa shape index (κ3) is 8.92. The van der Waals surface area contributed by atoms with Crippen molar-refractivity contribution in [2.24, 2.45) is 0 Å². The lowest BCUT2D eigenvalue weighted by Gasteiger charge is -2.42. The van der Waals surface area contributed by atoms with Gasteiger partial charge in [-0.05, 0) is 65.2 Å². The van der Waals surface area contributed by atoms with E-state index in [9.17, 15) is 27.6 Å². The predicted molar refractivity (Wildman–Crippen MR) is 173 cm³/mol. The second-order valence-electron chi connectivity index (χ2n) is 11.6. The van der Waals surface area contributed by atoms with Crippen molar-refractivity contribution < 1.29 is 32.0 Å². The summed E-state index contributed by atoms with van der Waals surface area (Å²) in [6.45, 7) is 13.9. The molecule has 8 nitrogen and oxygen atoms in total. The Bertz CT molecular complexity index is 1490. The van der Waals surface area contributed by atoms with Gasteiger partial charge in [-0.15, -0.1) is 0 Å². The molecular formula is C32H38ClF3N4O4Si. The fourth-order valence-corrected chi connectivity index (χ4v) is 11.3. The number of nitrogens with zero attached hydrogens (tertiary/aromatic N) is 1. The van der Waals surface area contributed by atoms with Crippen LogP contribution in [-0.4, -0.2) is 44.2 Å². The molecule has 3 amide bonds. The minimum absolute atomic E-state index is 0.100. The first-order chi connectivity index (χ1) is 21.1. The molecular weight excluding hydrogens is 625 g/mol. The summed E-state index contributed by atoms with van der Waals surface area (Å²) < 4.78 is 45.8. The highest BCUT2D eigenvalue weighted by Crippen LogP contribution is 2.42. The van der Waals surface area contributed by atoms with E-state index in [2.05, 4.69) is 62.5 Å². The van der Waals surface area contributed by atoms with Crippen LogP contribution in [0.4, 0.5) is 29.3 Å². The van der Waals surface area contributed by atoms with Crippen LogP contribution < -0.4 is 16.0 Å². The van der Waals surface area contributed by atoms with Gasteiger partial charge in [-0.2, -0.15) is 13.2 Å². The lowest BCUT2D eigenvalue weighted by molar-refractivity contribution is -0.137. The van der Waals surface area contributed by atoms with Gasteiger partial charge in [-0.3, -0.25) is 14.6 Å². The zero-order valence-electron chi connectivity index (χ0n) is 26.0. The van der Waals surface area contributed by atoms with E-state index in [4.69, 9.17) is 16.0 Å². The second kappa shape index (κ2) is 15.0. The molecule has 0 bridgehead atoms.